The Balaban J connectivity index is 1.19. The number of hydrogen-bond donors (Lipinski definition) is 3. The van der Waals surface area contributed by atoms with Crippen molar-refractivity contribution in [2.45, 2.75) is 76.8 Å². The molecule has 1 aliphatic heterocycles. The van der Waals surface area contributed by atoms with Gasteiger partial charge in [-0.1, -0.05) is 117 Å². The monoisotopic (exact) mass is 659 g/mol. The average Bonchev–Trinajstić information content (AvgIpc) is 3.70. The van der Waals surface area contributed by atoms with Crippen LogP contribution in [0.2, 0.25) is 0 Å². The molecule has 2 aliphatic rings. The van der Waals surface area contributed by atoms with E-state index in [2.05, 4.69) is 77.6 Å². The highest BCUT2D eigenvalue weighted by atomic mass is 16.7. The molecule has 2 amide bonds. The average molecular weight is 660 g/mol. The van der Waals surface area contributed by atoms with Crippen LogP contribution in [-0.4, -0.2) is 41.3 Å². The van der Waals surface area contributed by atoms with Crippen LogP contribution in [0.3, 0.4) is 0 Å². The third-order valence-electron chi connectivity index (χ3n) is 9.91. The molecule has 0 aromatic heterocycles. The molecule has 6 rings (SSSR count). The zero-order chi connectivity index (χ0) is 34.0. The summed E-state index contributed by atoms with van der Waals surface area (Å²) < 4.78 is 13.7. The lowest BCUT2D eigenvalue weighted by molar-refractivity contribution is -0.276. The Bertz CT molecular complexity index is 1650. The van der Waals surface area contributed by atoms with Crippen molar-refractivity contribution in [3.8, 4) is 11.1 Å². The number of ether oxygens (including phenoxy) is 2. The molecule has 256 valence electrons. The Morgan fingerprint density at radius 2 is 1.49 bits per heavy atom. The maximum absolute atomic E-state index is 12.5. The van der Waals surface area contributed by atoms with Crippen LogP contribution in [0.4, 0.5) is 4.79 Å². The maximum Gasteiger partial charge on any atom is 0.315 e. The fraction of sp³-hybridized carbons (Fsp3) is 0.357. The van der Waals surface area contributed by atoms with Crippen molar-refractivity contribution in [2.24, 2.45) is 5.92 Å². The first-order valence-corrected chi connectivity index (χ1v) is 17.6. The van der Waals surface area contributed by atoms with E-state index in [0.29, 0.717) is 19.1 Å². The smallest absolute Gasteiger partial charge is 0.315 e. The molecule has 4 aromatic rings. The van der Waals surface area contributed by atoms with Crippen LogP contribution in [0.15, 0.2) is 116 Å². The normalized spacial score (nSPS) is 21.0. The van der Waals surface area contributed by atoms with Crippen molar-refractivity contribution in [1.29, 1.82) is 0 Å². The highest BCUT2D eigenvalue weighted by molar-refractivity contribution is 5.74. The van der Waals surface area contributed by atoms with Crippen molar-refractivity contribution < 1.29 is 19.4 Å². The van der Waals surface area contributed by atoms with Gasteiger partial charge in [0, 0.05) is 43.7 Å². The molecule has 0 radical (unpaired) electrons. The second-order valence-electron chi connectivity index (χ2n) is 13.4. The first-order chi connectivity index (χ1) is 24.0. The lowest BCUT2D eigenvalue weighted by Crippen LogP contribution is -2.47. The highest BCUT2D eigenvalue weighted by Crippen LogP contribution is 2.43. The number of amides is 2. The van der Waals surface area contributed by atoms with Crippen molar-refractivity contribution >= 4 is 6.03 Å². The largest absolute Gasteiger partial charge is 0.392 e. The fourth-order valence-corrected chi connectivity index (χ4v) is 7.12. The van der Waals surface area contributed by atoms with Gasteiger partial charge in [-0.05, 0) is 58.4 Å². The minimum atomic E-state index is -0.545. The van der Waals surface area contributed by atoms with E-state index in [0.717, 1.165) is 52.0 Å². The van der Waals surface area contributed by atoms with Crippen molar-refractivity contribution in [3.05, 3.63) is 144 Å². The first kappa shape index (κ1) is 34.6. The summed E-state index contributed by atoms with van der Waals surface area (Å²) in [5.41, 5.74) is 7.11. The topological polar surface area (TPSA) is 83.1 Å². The van der Waals surface area contributed by atoms with Gasteiger partial charge in [-0.3, -0.25) is 4.90 Å². The molecule has 1 saturated carbocycles. The Labute approximate surface area is 291 Å². The minimum Gasteiger partial charge on any atom is -0.392 e. The summed E-state index contributed by atoms with van der Waals surface area (Å²) in [6, 6.07) is 35.0. The van der Waals surface area contributed by atoms with E-state index in [1.54, 1.807) is 0 Å². The van der Waals surface area contributed by atoms with Gasteiger partial charge in [-0.2, -0.15) is 0 Å². The lowest BCUT2D eigenvalue weighted by Gasteiger charge is -2.43. The van der Waals surface area contributed by atoms with Crippen molar-refractivity contribution in [2.75, 3.05) is 13.1 Å². The highest BCUT2D eigenvalue weighted by Gasteiger charge is 2.40. The van der Waals surface area contributed by atoms with Gasteiger partial charge in [-0.15, -0.1) is 6.58 Å². The van der Waals surface area contributed by atoms with Crippen LogP contribution >= 0.6 is 0 Å². The number of hydrogen-bond acceptors (Lipinski definition) is 5. The van der Waals surface area contributed by atoms with Gasteiger partial charge in [0.2, 0.25) is 0 Å². The molecule has 0 unspecified atom stereocenters. The van der Waals surface area contributed by atoms with Crippen molar-refractivity contribution in [3.63, 3.8) is 0 Å². The van der Waals surface area contributed by atoms with Gasteiger partial charge < -0.3 is 25.2 Å². The molecule has 0 bridgehead atoms. The summed E-state index contributed by atoms with van der Waals surface area (Å²) in [7, 11) is 0. The molecule has 0 spiro atoms. The number of nitrogens with zero attached hydrogens (tertiary/aromatic N) is 1. The molecule has 1 aliphatic carbocycles. The maximum atomic E-state index is 12.5. The molecular weight excluding hydrogens is 610 g/mol. The molecule has 49 heavy (non-hydrogen) atoms. The second kappa shape index (κ2) is 16.9. The van der Waals surface area contributed by atoms with Gasteiger partial charge in [0.25, 0.3) is 0 Å². The summed E-state index contributed by atoms with van der Waals surface area (Å²) in [5, 5.41) is 15.5. The molecule has 1 saturated heterocycles. The minimum absolute atomic E-state index is 0.0130. The van der Waals surface area contributed by atoms with E-state index >= 15 is 0 Å². The van der Waals surface area contributed by atoms with E-state index in [9.17, 15) is 9.90 Å². The number of rotatable bonds is 13. The predicted octanol–water partition coefficient (Wildman–Crippen LogP) is 8.07. The third-order valence-corrected chi connectivity index (χ3v) is 9.91. The van der Waals surface area contributed by atoms with E-state index in [4.69, 9.17) is 9.47 Å². The van der Waals surface area contributed by atoms with Crippen LogP contribution in [0.25, 0.3) is 11.1 Å². The van der Waals surface area contributed by atoms with E-state index in [1.165, 1.54) is 25.7 Å². The second-order valence-corrected chi connectivity index (χ2v) is 13.4. The van der Waals surface area contributed by atoms with Crippen molar-refractivity contribution in [1.82, 2.24) is 15.5 Å². The number of carbonyl (C=O) groups excluding carboxylic acids is 1. The van der Waals surface area contributed by atoms with Crippen LogP contribution in [0.5, 0.6) is 0 Å². The Morgan fingerprint density at radius 3 is 2.20 bits per heavy atom. The van der Waals surface area contributed by atoms with Gasteiger partial charge in [0.1, 0.15) is 0 Å². The van der Waals surface area contributed by atoms with E-state index in [1.807, 2.05) is 60.7 Å². The number of aliphatic hydroxyl groups excluding tert-OH is 1. The number of urea groups is 1. The molecule has 3 N–H and O–H groups in total. The van der Waals surface area contributed by atoms with Crippen LogP contribution in [-0.2, 0) is 29.2 Å². The van der Waals surface area contributed by atoms with Crippen LogP contribution in [0.1, 0.15) is 72.8 Å². The number of nitrogens with one attached hydrogen (secondary N) is 2. The molecular formula is C42H49N3O4. The Hall–Kier alpha value is -4.27. The van der Waals surface area contributed by atoms with E-state index in [-0.39, 0.29) is 30.8 Å². The fourth-order valence-electron chi connectivity index (χ4n) is 7.12. The summed E-state index contributed by atoms with van der Waals surface area (Å²) >= 11 is 0. The summed E-state index contributed by atoms with van der Waals surface area (Å²) in [4.78, 5) is 15.0. The standard InChI is InChI=1S/C42H49N3O4/c1-3-23-45(38-17-7-8-18-38)28-39-30(2)40(34-21-19-32(29-46)20-22-34)49-41(48-39)37-16-10-15-36(25-37)35-14-9-13-33(24-35)27-44-42(47)43-26-31-11-5-4-6-12-31/h3-6,9-16,19-22,24-25,30,38-41,46H,1,7-8,17-18,23,26-29H2,2H3,(H2,43,44,47)/t30-,39+,40+,41+/m1/s1. The number of benzene rings is 4. The summed E-state index contributed by atoms with van der Waals surface area (Å²) in [5.74, 6) is 0.113. The van der Waals surface area contributed by atoms with Gasteiger partial charge >= 0.3 is 6.03 Å². The van der Waals surface area contributed by atoms with Crippen LogP contribution < -0.4 is 10.6 Å². The predicted molar refractivity (Wildman–Crippen MR) is 194 cm³/mol. The molecule has 4 atom stereocenters. The van der Waals surface area contributed by atoms with Gasteiger partial charge in [0.15, 0.2) is 6.29 Å². The van der Waals surface area contributed by atoms with E-state index < -0.39 is 6.29 Å². The number of aliphatic hydroxyl groups is 1. The molecule has 7 heteroatoms. The van der Waals surface area contributed by atoms with Gasteiger partial charge in [-0.25, -0.2) is 4.79 Å². The van der Waals surface area contributed by atoms with Gasteiger partial charge in [0.05, 0.1) is 18.8 Å². The Kier molecular flexibility index (Phi) is 11.9. The molecule has 7 nitrogen and oxygen atoms in total. The molecule has 2 fully saturated rings. The Morgan fingerprint density at radius 1 is 0.816 bits per heavy atom. The molecule has 4 aromatic carbocycles. The molecule has 1 heterocycles. The number of carbonyl (C=O) groups is 1. The zero-order valence-electron chi connectivity index (χ0n) is 28.5. The third kappa shape index (κ3) is 9.05. The summed E-state index contributed by atoms with van der Waals surface area (Å²) in [6.45, 7) is 8.85. The summed E-state index contributed by atoms with van der Waals surface area (Å²) in [6.07, 6.45) is 6.23. The lowest BCUT2D eigenvalue weighted by atomic mass is 9.89. The van der Waals surface area contributed by atoms with Crippen LogP contribution in [0, 0.1) is 5.92 Å². The zero-order valence-corrected chi connectivity index (χ0v) is 28.5. The SMILES string of the molecule is C=CCN(C[C@@H]1O[C@H](c2cccc(-c3cccc(CNC(=O)NCc4ccccc4)c3)c2)O[C@H](c2ccc(CO)cc2)[C@@H]1C)C1CCCC1. The quantitative estimate of drug-likeness (QED) is 0.127. The first-order valence-electron chi connectivity index (χ1n) is 17.6.